The van der Waals surface area contributed by atoms with Gasteiger partial charge in [-0.05, 0) is 5.92 Å². The van der Waals surface area contributed by atoms with Gasteiger partial charge in [-0.15, -0.1) is 12.4 Å². The average molecular weight is 349 g/mol. The first-order chi connectivity index (χ1) is 9.16. The first kappa shape index (κ1) is 18.1. The third-order valence-corrected chi connectivity index (χ3v) is 5.16. The molecule has 0 spiro atoms. The van der Waals surface area contributed by atoms with Gasteiger partial charge in [-0.2, -0.15) is 4.31 Å². The van der Waals surface area contributed by atoms with Crippen molar-refractivity contribution in [2.45, 2.75) is 17.9 Å². The van der Waals surface area contributed by atoms with Crippen LogP contribution < -0.4 is 5.73 Å². The molecule has 2 rings (SSSR count). The van der Waals surface area contributed by atoms with Crippen LogP contribution >= 0.6 is 12.4 Å². The molecule has 2 atom stereocenters. The molecule has 21 heavy (non-hydrogen) atoms. The molecule has 10 heteroatoms. The monoisotopic (exact) mass is 348 g/mol. The predicted octanol–water partition coefficient (Wildman–Crippen LogP) is 1.63. The third-order valence-electron chi connectivity index (χ3n) is 3.31. The van der Waals surface area contributed by atoms with Crippen LogP contribution in [-0.2, 0) is 10.0 Å². The van der Waals surface area contributed by atoms with E-state index in [0.29, 0.717) is 0 Å². The van der Waals surface area contributed by atoms with E-state index in [1.807, 2.05) is 0 Å². The Labute approximate surface area is 125 Å². The molecule has 0 amide bonds. The van der Waals surface area contributed by atoms with Crippen LogP contribution in [-0.4, -0.2) is 31.9 Å². The lowest BCUT2D eigenvalue weighted by Gasteiger charge is -2.17. The van der Waals surface area contributed by atoms with Crippen LogP contribution in [0.1, 0.15) is 6.92 Å². The minimum Gasteiger partial charge on any atom is -0.326 e. The van der Waals surface area contributed by atoms with Crippen LogP contribution in [0.15, 0.2) is 11.0 Å². The second kappa shape index (κ2) is 6.07. The molecule has 4 nitrogen and oxygen atoms in total. The molecule has 1 aliphatic heterocycles. The zero-order valence-corrected chi connectivity index (χ0v) is 12.4. The van der Waals surface area contributed by atoms with Gasteiger partial charge in [0, 0.05) is 25.2 Å². The Morgan fingerprint density at radius 3 is 2.00 bits per heavy atom. The Hall–Kier alpha value is -0.900. The molecule has 0 aliphatic carbocycles. The molecule has 1 aromatic rings. The summed E-state index contributed by atoms with van der Waals surface area (Å²) in [4.78, 5) is -1.61. The van der Waals surface area contributed by atoms with E-state index < -0.39 is 44.2 Å². The number of benzene rings is 1. The number of halogens is 5. The summed E-state index contributed by atoms with van der Waals surface area (Å²) < 4.78 is 78.3. The average Bonchev–Trinajstić information content (AvgIpc) is 2.68. The van der Waals surface area contributed by atoms with Crippen molar-refractivity contribution < 1.29 is 26.0 Å². The van der Waals surface area contributed by atoms with Crippen molar-refractivity contribution in [2.75, 3.05) is 13.1 Å². The molecular weight excluding hydrogens is 336 g/mol. The molecule has 0 bridgehead atoms. The van der Waals surface area contributed by atoms with Crippen molar-refractivity contribution in [3.8, 4) is 0 Å². The summed E-state index contributed by atoms with van der Waals surface area (Å²) in [5, 5.41) is 0. The quantitative estimate of drug-likeness (QED) is 0.652. The molecule has 2 unspecified atom stereocenters. The van der Waals surface area contributed by atoms with Gasteiger partial charge in [0.1, 0.15) is 0 Å². The third kappa shape index (κ3) is 3.01. The Bertz CT molecular complexity index is 620. The van der Waals surface area contributed by atoms with Crippen LogP contribution in [0.25, 0.3) is 0 Å². The predicted molar refractivity (Wildman–Crippen MR) is 69.4 cm³/mol. The standard InChI is InChI=1S/C11H12F4N2O2S.ClH/c1-5-3-17(4-8(5)16)20(18,19)11-9(14)6(12)2-7(13)10(11)15;/h2,5,8H,3-4,16H2,1H3;1H. The van der Waals surface area contributed by atoms with Crippen LogP contribution in [0, 0.1) is 29.2 Å². The lowest BCUT2D eigenvalue weighted by molar-refractivity contribution is 0.403. The first-order valence-electron chi connectivity index (χ1n) is 5.75. The molecule has 0 aromatic heterocycles. The van der Waals surface area contributed by atoms with Crippen LogP contribution in [0.2, 0.25) is 0 Å². The van der Waals surface area contributed by atoms with Gasteiger partial charge in [0.2, 0.25) is 10.0 Å². The van der Waals surface area contributed by atoms with Gasteiger partial charge in [-0.25, -0.2) is 26.0 Å². The topological polar surface area (TPSA) is 63.4 Å². The normalized spacial score (nSPS) is 23.1. The highest BCUT2D eigenvalue weighted by molar-refractivity contribution is 7.89. The minimum absolute atomic E-state index is 0. The molecule has 2 N–H and O–H groups in total. The summed E-state index contributed by atoms with van der Waals surface area (Å²) in [6.07, 6.45) is 0. The lowest BCUT2D eigenvalue weighted by atomic mass is 10.1. The highest BCUT2D eigenvalue weighted by Gasteiger charge is 2.40. The zero-order valence-electron chi connectivity index (χ0n) is 10.8. The number of hydrogen-bond acceptors (Lipinski definition) is 3. The van der Waals surface area contributed by atoms with E-state index in [1.54, 1.807) is 6.92 Å². The summed E-state index contributed by atoms with van der Waals surface area (Å²) >= 11 is 0. The highest BCUT2D eigenvalue weighted by Crippen LogP contribution is 2.29. The Morgan fingerprint density at radius 2 is 1.62 bits per heavy atom. The van der Waals surface area contributed by atoms with Gasteiger partial charge in [-0.3, -0.25) is 0 Å². The number of nitrogens with two attached hydrogens (primary N) is 1. The molecule has 1 aliphatic rings. The van der Waals surface area contributed by atoms with Gasteiger partial charge in [0.05, 0.1) is 0 Å². The van der Waals surface area contributed by atoms with E-state index in [1.165, 1.54) is 0 Å². The molecule has 1 heterocycles. The molecule has 1 aromatic carbocycles. The Kier molecular flexibility index (Phi) is 5.25. The van der Waals surface area contributed by atoms with Crippen molar-refractivity contribution >= 4 is 22.4 Å². The van der Waals surface area contributed by atoms with Crippen molar-refractivity contribution in [1.82, 2.24) is 4.31 Å². The van der Waals surface area contributed by atoms with Crippen LogP contribution in [0.4, 0.5) is 17.6 Å². The fourth-order valence-corrected chi connectivity index (χ4v) is 3.76. The Balaban J connectivity index is 0.00000220. The molecule has 1 fully saturated rings. The lowest BCUT2D eigenvalue weighted by Crippen LogP contribution is -2.33. The van der Waals surface area contributed by atoms with Crippen LogP contribution in [0.5, 0.6) is 0 Å². The van der Waals surface area contributed by atoms with Crippen molar-refractivity contribution in [1.29, 1.82) is 0 Å². The number of hydrogen-bond donors (Lipinski definition) is 1. The molecule has 1 saturated heterocycles. The summed E-state index contributed by atoms with van der Waals surface area (Å²) in [6, 6.07) is -0.545. The SMILES string of the molecule is CC1CN(S(=O)(=O)c2c(F)c(F)cc(F)c2F)CC1N.Cl. The summed E-state index contributed by atoms with van der Waals surface area (Å²) in [7, 11) is -4.69. The number of nitrogens with zero attached hydrogens (tertiary/aromatic N) is 1. The first-order valence-corrected chi connectivity index (χ1v) is 7.19. The van der Waals surface area contributed by atoms with Crippen molar-refractivity contribution in [3.05, 3.63) is 29.3 Å². The minimum atomic E-state index is -4.69. The van der Waals surface area contributed by atoms with Gasteiger partial charge in [0.25, 0.3) is 0 Å². The number of rotatable bonds is 2. The second-order valence-corrected chi connectivity index (χ2v) is 6.64. The smallest absolute Gasteiger partial charge is 0.249 e. The molecule has 0 radical (unpaired) electrons. The molecular formula is C11H13ClF4N2O2S. The maximum absolute atomic E-state index is 13.6. The van der Waals surface area contributed by atoms with E-state index in [4.69, 9.17) is 5.73 Å². The second-order valence-electron chi connectivity index (χ2n) is 4.76. The largest absolute Gasteiger partial charge is 0.326 e. The molecule has 120 valence electrons. The van der Waals surface area contributed by atoms with Gasteiger partial charge in [0.15, 0.2) is 28.2 Å². The fourth-order valence-electron chi connectivity index (χ4n) is 2.05. The van der Waals surface area contributed by atoms with E-state index in [0.717, 1.165) is 4.31 Å². The van der Waals surface area contributed by atoms with Crippen molar-refractivity contribution in [2.24, 2.45) is 11.7 Å². The maximum Gasteiger partial charge on any atom is 0.249 e. The van der Waals surface area contributed by atoms with E-state index in [-0.39, 0.29) is 37.5 Å². The Morgan fingerprint density at radius 1 is 1.14 bits per heavy atom. The van der Waals surface area contributed by atoms with E-state index >= 15 is 0 Å². The van der Waals surface area contributed by atoms with Gasteiger partial charge >= 0.3 is 0 Å². The maximum atomic E-state index is 13.6. The summed E-state index contributed by atoms with van der Waals surface area (Å²) in [5.41, 5.74) is 5.64. The van der Waals surface area contributed by atoms with Gasteiger partial charge < -0.3 is 5.73 Å². The summed E-state index contributed by atoms with van der Waals surface area (Å²) in [6.45, 7) is 1.43. The van der Waals surface area contributed by atoms with Gasteiger partial charge in [-0.1, -0.05) is 6.92 Å². The highest BCUT2D eigenvalue weighted by atomic mass is 35.5. The molecule has 0 saturated carbocycles. The zero-order chi connectivity index (χ0) is 15.2. The summed E-state index contributed by atoms with van der Waals surface area (Å²) in [5.74, 6) is -7.62. The van der Waals surface area contributed by atoms with Crippen LogP contribution in [0.3, 0.4) is 0 Å². The van der Waals surface area contributed by atoms with E-state index in [9.17, 15) is 26.0 Å². The number of sulfonamides is 1. The van der Waals surface area contributed by atoms with Crippen molar-refractivity contribution in [3.63, 3.8) is 0 Å². The van der Waals surface area contributed by atoms with E-state index in [2.05, 4.69) is 0 Å². The fraction of sp³-hybridized carbons (Fsp3) is 0.455.